The molecule has 7 nitrogen and oxygen atoms in total. The predicted octanol–water partition coefficient (Wildman–Crippen LogP) is 3.88. The molecule has 0 bridgehead atoms. The molecule has 0 unspecified atom stereocenters. The van der Waals surface area contributed by atoms with E-state index in [1.165, 1.54) is 33.5 Å². The summed E-state index contributed by atoms with van der Waals surface area (Å²) in [6.45, 7) is 2.04. The van der Waals surface area contributed by atoms with Crippen molar-refractivity contribution in [3.8, 4) is 17.2 Å². The molecule has 1 saturated heterocycles. The highest BCUT2D eigenvalue weighted by atomic mass is 19.4. The molecule has 33 heavy (non-hydrogen) atoms. The van der Waals surface area contributed by atoms with E-state index in [0.717, 1.165) is 12.3 Å². The fourth-order valence-corrected chi connectivity index (χ4v) is 3.58. The van der Waals surface area contributed by atoms with Crippen LogP contribution in [-0.4, -0.2) is 63.3 Å². The Morgan fingerprint density at radius 2 is 1.70 bits per heavy atom. The number of methoxy groups -OCH3 is 3. The Bertz CT molecular complexity index is 968. The molecule has 1 fully saturated rings. The van der Waals surface area contributed by atoms with Gasteiger partial charge in [0, 0.05) is 38.5 Å². The SMILES string of the molecule is COc1cc(/C=C/C(=O)N2CCCN(c3ccc(C(F)(F)F)cn3)CC2)cc(OC)c1OC. The molecule has 1 aliphatic heterocycles. The van der Waals surface area contributed by atoms with Crippen LogP contribution in [0, 0.1) is 0 Å². The summed E-state index contributed by atoms with van der Waals surface area (Å²) in [4.78, 5) is 20.3. The average Bonchev–Trinajstić information content (AvgIpc) is 3.07. The fourth-order valence-electron chi connectivity index (χ4n) is 3.58. The van der Waals surface area contributed by atoms with Crippen LogP contribution in [0.1, 0.15) is 17.5 Å². The molecule has 178 valence electrons. The third kappa shape index (κ3) is 5.88. The lowest BCUT2D eigenvalue weighted by Gasteiger charge is -2.22. The smallest absolute Gasteiger partial charge is 0.417 e. The van der Waals surface area contributed by atoms with Gasteiger partial charge in [0.25, 0.3) is 0 Å². The molecule has 0 atom stereocenters. The minimum absolute atomic E-state index is 0.161. The third-order valence-electron chi connectivity index (χ3n) is 5.31. The number of ether oxygens (including phenoxy) is 3. The lowest BCUT2D eigenvalue weighted by atomic mass is 10.1. The van der Waals surface area contributed by atoms with Crippen LogP contribution < -0.4 is 19.1 Å². The van der Waals surface area contributed by atoms with Crippen LogP contribution in [0.4, 0.5) is 19.0 Å². The lowest BCUT2D eigenvalue weighted by Crippen LogP contribution is -2.34. The van der Waals surface area contributed by atoms with Gasteiger partial charge in [-0.1, -0.05) is 0 Å². The number of nitrogens with zero attached hydrogens (tertiary/aromatic N) is 3. The van der Waals surface area contributed by atoms with E-state index in [4.69, 9.17) is 14.2 Å². The van der Waals surface area contributed by atoms with Gasteiger partial charge in [0.2, 0.25) is 11.7 Å². The van der Waals surface area contributed by atoms with E-state index in [9.17, 15) is 18.0 Å². The first-order valence-corrected chi connectivity index (χ1v) is 10.3. The number of amides is 1. The van der Waals surface area contributed by atoms with E-state index in [0.29, 0.717) is 61.2 Å². The van der Waals surface area contributed by atoms with Crippen molar-refractivity contribution in [3.05, 3.63) is 47.7 Å². The maximum absolute atomic E-state index is 12.8. The van der Waals surface area contributed by atoms with Gasteiger partial charge in [0.15, 0.2) is 11.5 Å². The monoisotopic (exact) mass is 465 g/mol. The molecule has 1 aromatic carbocycles. The Labute approximate surface area is 190 Å². The summed E-state index contributed by atoms with van der Waals surface area (Å²) in [7, 11) is 4.55. The van der Waals surface area contributed by atoms with E-state index < -0.39 is 11.7 Å². The molecule has 0 radical (unpaired) electrons. The zero-order chi connectivity index (χ0) is 24.0. The summed E-state index contributed by atoms with van der Waals surface area (Å²) in [5.74, 6) is 1.74. The molecule has 0 aliphatic carbocycles. The Morgan fingerprint density at radius 1 is 1.00 bits per heavy atom. The third-order valence-corrected chi connectivity index (χ3v) is 5.31. The number of carbonyl (C=O) groups excluding carboxylic acids is 1. The Morgan fingerprint density at radius 3 is 2.24 bits per heavy atom. The van der Waals surface area contributed by atoms with E-state index in [1.54, 1.807) is 23.1 Å². The molecule has 0 saturated carbocycles. The van der Waals surface area contributed by atoms with Gasteiger partial charge in [-0.25, -0.2) is 4.98 Å². The largest absolute Gasteiger partial charge is 0.493 e. The van der Waals surface area contributed by atoms with Crippen molar-refractivity contribution >= 4 is 17.8 Å². The standard InChI is InChI=1S/C23H26F3N3O4/c1-31-18-13-16(14-19(32-2)22(18)33-3)5-8-21(30)29-10-4-9-28(11-12-29)20-7-6-17(15-27-20)23(24,25)26/h5-8,13-15H,4,9-12H2,1-3H3/b8-5+. The summed E-state index contributed by atoms with van der Waals surface area (Å²) in [6, 6.07) is 5.87. The Kier molecular flexibility index (Phi) is 7.67. The highest BCUT2D eigenvalue weighted by Crippen LogP contribution is 2.38. The maximum atomic E-state index is 12.8. The number of benzene rings is 1. The second kappa shape index (κ2) is 10.5. The molecular formula is C23H26F3N3O4. The van der Waals surface area contributed by atoms with Crippen molar-refractivity contribution in [2.24, 2.45) is 0 Å². The number of rotatable bonds is 6. The van der Waals surface area contributed by atoms with Crippen molar-refractivity contribution in [1.29, 1.82) is 0 Å². The number of pyridine rings is 1. The topological polar surface area (TPSA) is 64.1 Å². The second-order valence-electron chi connectivity index (χ2n) is 7.36. The molecule has 3 rings (SSSR count). The normalized spacial score (nSPS) is 14.8. The summed E-state index contributed by atoms with van der Waals surface area (Å²) in [6.07, 6.45) is 0.243. The highest BCUT2D eigenvalue weighted by Gasteiger charge is 2.31. The number of anilines is 1. The summed E-state index contributed by atoms with van der Waals surface area (Å²) in [5, 5.41) is 0. The molecule has 10 heteroatoms. The van der Waals surface area contributed by atoms with Gasteiger partial charge in [0.1, 0.15) is 5.82 Å². The molecule has 2 heterocycles. The van der Waals surface area contributed by atoms with Gasteiger partial charge in [-0.15, -0.1) is 0 Å². The number of hydrogen-bond donors (Lipinski definition) is 0. The summed E-state index contributed by atoms with van der Waals surface area (Å²) >= 11 is 0. The minimum atomic E-state index is -4.42. The van der Waals surface area contributed by atoms with Crippen LogP contribution >= 0.6 is 0 Å². The van der Waals surface area contributed by atoms with Crippen molar-refractivity contribution in [1.82, 2.24) is 9.88 Å². The van der Waals surface area contributed by atoms with Gasteiger partial charge >= 0.3 is 6.18 Å². The molecule has 1 aliphatic rings. The number of carbonyl (C=O) groups is 1. The molecule has 2 aromatic rings. The first-order chi connectivity index (χ1) is 15.8. The number of halogens is 3. The van der Waals surface area contributed by atoms with Gasteiger partial charge in [-0.05, 0) is 42.3 Å². The molecular weight excluding hydrogens is 439 g/mol. The number of hydrogen-bond acceptors (Lipinski definition) is 6. The quantitative estimate of drug-likeness (QED) is 0.604. The van der Waals surface area contributed by atoms with Crippen LogP contribution in [0.25, 0.3) is 6.08 Å². The van der Waals surface area contributed by atoms with E-state index in [1.807, 2.05) is 4.90 Å². The zero-order valence-corrected chi connectivity index (χ0v) is 18.7. The average molecular weight is 465 g/mol. The first kappa shape index (κ1) is 24.2. The van der Waals surface area contributed by atoms with Crippen LogP contribution in [0.15, 0.2) is 36.5 Å². The zero-order valence-electron chi connectivity index (χ0n) is 18.7. The lowest BCUT2D eigenvalue weighted by molar-refractivity contribution is -0.137. The van der Waals surface area contributed by atoms with Gasteiger partial charge < -0.3 is 24.0 Å². The first-order valence-electron chi connectivity index (χ1n) is 10.3. The van der Waals surface area contributed by atoms with Crippen LogP contribution in [0.2, 0.25) is 0 Å². The number of alkyl halides is 3. The summed E-state index contributed by atoms with van der Waals surface area (Å²) < 4.78 is 54.2. The molecule has 1 amide bonds. The molecule has 0 spiro atoms. The van der Waals surface area contributed by atoms with E-state index >= 15 is 0 Å². The van der Waals surface area contributed by atoms with Crippen molar-refractivity contribution < 1.29 is 32.2 Å². The minimum Gasteiger partial charge on any atom is -0.493 e. The predicted molar refractivity (Wildman–Crippen MR) is 118 cm³/mol. The van der Waals surface area contributed by atoms with Gasteiger partial charge in [0.05, 0.1) is 26.9 Å². The Balaban J connectivity index is 1.66. The number of aromatic nitrogens is 1. The van der Waals surface area contributed by atoms with Crippen molar-refractivity contribution in [3.63, 3.8) is 0 Å². The van der Waals surface area contributed by atoms with Crippen LogP contribution in [0.3, 0.4) is 0 Å². The molecule has 1 aromatic heterocycles. The highest BCUT2D eigenvalue weighted by molar-refractivity contribution is 5.92. The van der Waals surface area contributed by atoms with Crippen LogP contribution in [-0.2, 0) is 11.0 Å². The van der Waals surface area contributed by atoms with Crippen LogP contribution in [0.5, 0.6) is 17.2 Å². The molecule has 0 N–H and O–H groups in total. The maximum Gasteiger partial charge on any atom is 0.417 e. The van der Waals surface area contributed by atoms with Crippen molar-refractivity contribution in [2.45, 2.75) is 12.6 Å². The van der Waals surface area contributed by atoms with E-state index in [2.05, 4.69) is 4.98 Å². The summed E-state index contributed by atoms with van der Waals surface area (Å²) in [5.41, 5.74) is -0.0712. The van der Waals surface area contributed by atoms with Gasteiger partial charge in [-0.2, -0.15) is 13.2 Å². The van der Waals surface area contributed by atoms with Gasteiger partial charge in [-0.3, -0.25) is 4.79 Å². The van der Waals surface area contributed by atoms with Crippen molar-refractivity contribution in [2.75, 3.05) is 52.4 Å². The second-order valence-corrected chi connectivity index (χ2v) is 7.36. The van der Waals surface area contributed by atoms with E-state index in [-0.39, 0.29) is 5.91 Å². The fraction of sp³-hybridized carbons (Fsp3) is 0.391. The Hall–Kier alpha value is -3.43.